The van der Waals surface area contributed by atoms with Crippen molar-refractivity contribution in [1.82, 2.24) is 20.2 Å². The molecule has 0 aliphatic carbocycles. The van der Waals surface area contributed by atoms with Crippen LogP contribution in [0.5, 0.6) is 5.75 Å². The van der Waals surface area contributed by atoms with Gasteiger partial charge in [-0.2, -0.15) is 0 Å². The summed E-state index contributed by atoms with van der Waals surface area (Å²) in [5, 5.41) is 22.2. The molecule has 0 unspecified atom stereocenters. The molecule has 0 amide bonds. The van der Waals surface area contributed by atoms with Crippen LogP contribution in [0.15, 0.2) is 54.6 Å². The number of hydrogen-bond donors (Lipinski definition) is 1. The molecule has 34 heavy (non-hydrogen) atoms. The molecule has 0 bridgehead atoms. The fraction of sp³-hybridized carbons (Fsp3) is 0.308. The van der Waals surface area contributed by atoms with Gasteiger partial charge >= 0.3 is 5.97 Å². The Hall–Kier alpha value is -3.78. The number of carbonyl (C=O) groups excluding carboxylic acids is 1. The zero-order valence-electron chi connectivity index (χ0n) is 19.7. The number of esters is 1. The van der Waals surface area contributed by atoms with E-state index in [1.807, 2.05) is 30.3 Å². The van der Waals surface area contributed by atoms with E-state index in [1.165, 1.54) is 0 Å². The summed E-state index contributed by atoms with van der Waals surface area (Å²) in [6.45, 7) is 4.12. The summed E-state index contributed by atoms with van der Waals surface area (Å²) in [7, 11) is 3.41. The van der Waals surface area contributed by atoms with Gasteiger partial charge in [0.25, 0.3) is 0 Å². The Bertz CT molecular complexity index is 1240. The highest BCUT2D eigenvalue weighted by atomic mass is 16.5. The molecular formula is C26H28N4O4. The van der Waals surface area contributed by atoms with E-state index in [1.54, 1.807) is 24.9 Å². The van der Waals surface area contributed by atoms with Gasteiger partial charge in [-0.3, -0.25) is 4.79 Å². The molecule has 0 spiro atoms. The second-order valence-electron chi connectivity index (χ2n) is 8.44. The topological polar surface area (TPSA) is 99.4 Å². The lowest BCUT2D eigenvalue weighted by Gasteiger charge is -2.23. The van der Waals surface area contributed by atoms with Gasteiger partial charge in [-0.05, 0) is 59.2 Å². The van der Waals surface area contributed by atoms with Crippen LogP contribution >= 0.6 is 0 Å². The number of aromatic nitrogens is 4. The monoisotopic (exact) mass is 460 g/mol. The number of ether oxygens (including phenoxy) is 2. The van der Waals surface area contributed by atoms with E-state index in [4.69, 9.17) is 9.47 Å². The number of allylic oxidation sites excluding steroid dienone is 2. The average Bonchev–Trinajstić information content (AvgIpc) is 3.23. The van der Waals surface area contributed by atoms with Crippen LogP contribution in [-0.4, -0.2) is 50.6 Å². The maximum atomic E-state index is 11.9. The van der Waals surface area contributed by atoms with Crippen molar-refractivity contribution in [3.8, 4) is 5.75 Å². The predicted molar refractivity (Wildman–Crippen MR) is 128 cm³/mol. The third-order valence-electron chi connectivity index (χ3n) is 5.84. The summed E-state index contributed by atoms with van der Waals surface area (Å²) >= 11 is 0. The van der Waals surface area contributed by atoms with Gasteiger partial charge in [0.15, 0.2) is 5.82 Å². The Balaban J connectivity index is 1.95. The molecule has 1 aliphatic rings. The van der Waals surface area contributed by atoms with Crippen LogP contribution in [0.2, 0.25) is 0 Å². The minimum atomic E-state index is -0.722. The molecule has 2 aromatic carbocycles. The van der Waals surface area contributed by atoms with Gasteiger partial charge < -0.3 is 14.6 Å². The standard InChI is InChI=1S/C26H28N4O4/c1-16-5-6-17(2)23(13-16)25(18-7-9-20(33-4)10-8-18)22(26-27-28-29-30(26)3)12-11-21-14-19(31)15-24(32)34-21/h5-13,19,21,31H,14-15H2,1-4H3/t19-,21-/m1/s1. The molecule has 1 N–H and O–H groups in total. The summed E-state index contributed by atoms with van der Waals surface area (Å²) in [6, 6.07) is 14.1. The van der Waals surface area contributed by atoms with E-state index in [0.717, 1.165) is 39.1 Å². The van der Waals surface area contributed by atoms with Crippen LogP contribution in [0.25, 0.3) is 11.1 Å². The van der Waals surface area contributed by atoms with Gasteiger partial charge in [0.2, 0.25) is 0 Å². The van der Waals surface area contributed by atoms with Crippen molar-refractivity contribution in [2.24, 2.45) is 7.05 Å². The first-order valence-corrected chi connectivity index (χ1v) is 11.1. The average molecular weight is 461 g/mol. The van der Waals surface area contributed by atoms with Gasteiger partial charge in [0.1, 0.15) is 11.9 Å². The molecule has 1 fully saturated rings. The summed E-state index contributed by atoms with van der Waals surface area (Å²) in [6.07, 6.45) is 2.76. The number of hydrogen-bond acceptors (Lipinski definition) is 7. The van der Waals surface area contributed by atoms with Gasteiger partial charge in [-0.25, -0.2) is 4.68 Å². The Morgan fingerprint density at radius 1 is 1.21 bits per heavy atom. The lowest BCUT2D eigenvalue weighted by molar-refractivity contribution is -0.156. The number of benzene rings is 2. The van der Waals surface area contributed by atoms with Crippen LogP contribution in [-0.2, 0) is 16.6 Å². The van der Waals surface area contributed by atoms with E-state index in [0.29, 0.717) is 12.2 Å². The highest BCUT2D eigenvalue weighted by Gasteiger charge is 2.26. The van der Waals surface area contributed by atoms with E-state index in [-0.39, 0.29) is 6.42 Å². The van der Waals surface area contributed by atoms with E-state index in [2.05, 4.69) is 47.6 Å². The van der Waals surface area contributed by atoms with Crippen molar-refractivity contribution in [3.05, 3.63) is 82.7 Å². The van der Waals surface area contributed by atoms with Crippen LogP contribution in [0, 0.1) is 13.8 Å². The van der Waals surface area contributed by atoms with Gasteiger partial charge in [0.05, 0.1) is 19.6 Å². The van der Waals surface area contributed by atoms with E-state index in [9.17, 15) is 9.90 Å². The van der Waals surface area contributed by atoms with Crippen molar-refractivity contribution >= 4 is 17.1 Å². The normalized spacial score (nSPS) is 19.1. The number of aliphatic hydroxyl groups is 1. The zero-order chi connectivity index (χ0) is 24.2. The molecule has 8 nitrogen and oxygen atoms in total. The molecule has 8 heteroatoms. The molecule has 1 aliphatic heterocycles. The molecule has 176 valence electrons. The largest absolute Gasteiger partial charge is 0.497 e. The summed E-state index contributed by atoms with van der Waals surface area (Å²) in [4.78, 5) is 11.9. The summed E-state index contributed by atoms with van der Waals surface area (Å²) in [5.41, 5.74) is 5.90. The maximum absolute atomic E-state index is 11.9. The second-order valence-corrected chi connectivity index (χ2v) is 8.44. The van der Waals surface area contributed by atoms with Gasteiger partial charge in [0, 0.05) is 24.6 Å². The van der Waals surface area contributed by atoms with Crippen molar-refractivity contribution < 1.29 is 19.4 Å². The highest BCUT2D eigenvalue weighted by molar-refractivity contribution is 6.01. The predicted octanol–water partition coefficient (Wildman–Crippen LogP) is 3.42. The fourth-order valence-corrected chi connectivity index (χ4v) is 4.08. The fourth-order valence-electron chi connectivity index (χ4n) is 4.08. The van der Waals surface area contributed by atoms with Crippen LogP contribution in [0.1, 0.15) is 40.9 Å². The second kappa shape index (κ2) is 10.0. The minimum absolute atomic E-state index is 0.0137. The van der Waals surface area contributed by atoms with E-state index >= 15 is 0 Å². The third-order valence-corrected chi connectivity index (χ3v) is 5.84. The van der Waals surface area contributed by atoms with Crippen LogP contribution in [0.4, 0.5) is 0 Å². The number of rotatable bonds is 6. The Morgan fingerprint density at radius 2 is 1.97 bits per heavy atom. The molecule has 3 aromatic rings. The lowest BCUT2D eigenvalue weighted by Crippen LogP contribution is -2.31. The minimum Gasteiger partial charge on any atom is -0.497 e. The first kappa shape index (κ1) is 23.4. The number of nitrogens with zero attached hydrogens (tertiary/aromatic N) is 4. The highest BCUT2D eigenvalue weighted by Crippen LogP contribution is 2.35. The van der Waals surface area contributed by atoms with Crippen LogP contribution < -0.4 is 4.74 Å². The number of methoxy groups -OCH3 is 1. The molecule has 2 atom stereocenters. The molecular weight excluding hydrogens is 432 g/mol. The number of carbonyl (C=O) groups is 1. The summed E-state index contributed by atoms with van der Waals surface area (Å²) in [5.74, 6) is 0.902. The van der Waals surface area contributed by atoms with E-state index < -0.39 is 18.2 Å². The van der Waals surface area contributed by atoms with Crippen molar-refractivity contribution in [3.63, 3.8) is 0 Å². The number of aliphatic hydroxyl groups excluding tert-OH is 1. The SMILES string of the molecule is COc1ccc(C(=C(C=C[C@@H]2C[C@@H](O)CC(=O)O2)c2nnnn2C)c2cc(C)ccc2C)cc1. The van der Waals surface area contributed by atoms with Crippen molar-refractivity contribution in [2.75, 3.05) is 7.11 Å². The van der Waals surface area contributed by atoms with Crippen LogP contribution in [0.3, 0.4) is 0 Å². The molecule has 4 rings (SSSR count). The number of tetrazole rings is 1. The van der Waals surface area contributed by atoms with Crippen molar-refractivity contribution in [2.45, 2.75) is 38.9 Å². The zero-order valence-corrected chi connectivity index (χ0v) is 19.7. The molecule has 0 radical (unpaired) electrons. The first-order chi connectivity index (χ1) is 16.4. The molecule has 0 saturated carbocycles. The number of aryl methyl sites for hydroxylation is 3. The number of cyclic esters (lactones) is 1. The third kappa shape index (κ3) is 5.07. The van der Waals surface area contributed by atoms with Crippen molar-refractivity contribution in [1.29, 1.82) is 0 Å². The van der Waals surface area contributed by atoms with Gasteiger partial charge in [-0.1, -0.05) is 42.0 Å². The smallest absolute Gasteiger partial charge is 0.309 e. The lowest BCUT2D eigenvalue weighted by atomic mass is 9.88. The quantitative estimate of drug-likeness (QED) is 0.444. The Labute approximate surface area is 198 Å². The Kier molecular flexibility index (Phi) is 6.88. The molecule has 1 saturated heterocycles. The maximum Gasteiger partial charge on any atom is 0.309 e. The molecule has 2 heterocycles. The first-order valence-electron chi connectivity index (χ1n) is 11.1. The molecule has 1 aromatic heterocycles. The van der Waals surface area contributed by atoms with Gasteiger partial charge in [-0.15, -0.1) is 5.10 Å². The Morgan fingerprint density at radius 3 is 2.62 bits per heavy atom. The summed E-state index contributed by atoms with van der Waals surface area (Å²) < 4.78 is 12.4.